The zero-order valence-electron chi connectivity index (χ0n) is 7.51. The summed E-state index contributed by atoms with van der Waals surface area (Å²) in [7, 11) is 0. The summed E-state index contributed by atoms with van der Waals surface area (Å²) in [6, 6.07) is 0. The second kappa shape index (κ2) is 3.05. The number of rotatable bonds is 2. The molecule has 11 heavy (non-hydrogen) atoms. The topological polar surface area (TPSA) is 37.3 Å². The van der Waals surface area contributed by atoms with Gasteiger partial charge in [0.15, 0.2) is 0 Å². The van der Waals surface area contributed by atoms with E-state index in [1.165, 1.54) is 0 Å². The number of hydrogen-bond donors (Lipinski definition) is 2. The Morgan fingerprint density at radius 2 is 1.82 bits per heavy atom. The van der Waals surface area contributed by atoms with Crippen LogP contribution in [0.4, 0.5) is 0 Å². The fourth-order valence-corrected chi connectivity index (χ4v) is 1.00. The van der Waals surface area contributed by atoms with Crippen molar-refractivity contribution in [2.75, 3.05) is 0 Å². The smallest absolute Gasteiger partial charge is 0.320 e. The molecule has 1 unspecified atom stereocenters. The van der Waals surface area contributed by atoms with Gasteiger partial charge < -0.3 is 5.11 Å². The van der Waals surface area contributed by atoms with Crippen molar-refractivity contribution in [1.82, 2.24) is 0 Å². The minimum absolute atomic E-state index is 0.309. The molecule has 0 aliphatic heterocycles. The molecule has 0 aromatic rings. The van der Waals surface area contributed by atoms with E-state index in [2.05, 4.69) is 12.6 Å². The van der Waals surface area contributed by atoms with Crippen LogP contribution in [0.25, 0.3) is 0 Å². The van der Waals surface area contributed by atoms with Crippen LogP contribution in [0.3, 0.4) is 0 Å². The van der Waals surface area contributed by atoms with E-state index in [9.17, 15) is 4.79 Å². The molecule has 66 valence electrons. The standard InChI is InChI=1S/C8H16O2S/c1-5-8(11,6(9)10)7(2,3)4/h11H,5H2,1-4H3,(H,9,10). The van der Waals surface area contributed by atoms with Gasteiger partial charge in [0, 0.05) is 0 Å². The lowest BCUT2D eigenvalue weighted by Gasteiger charge is -2.36. The largest absolute Gasteiger partial charge is 0.480 e. The van der Waals surface area contributed by atoms with Gasteiger partial charge in [0.2, 0.25) is 0 Å². The van der Waals surface area contributed by atoms with Gasteiger partial charge in [-0.25, -0.2) is 0 Å². The highest BCUT2D eigenvalue weighted by Crippen LogP contribution is 2.38. The average Bonchev–Trinajstić information content (AvgIpc) is 1.83. The highest BCUT2D eigenvalue weighted by Gasteiger charge is 2.43. The van der Waals surface area contributed by atoms with Crippen LogP contribution in [0.5, 0.6) is 0 Å². The Morgan fingerprint density at radius 1 is 1.45 bits per heavy atom. The maximum absolute atomic E-state index is 10.8. The Bertz CT molecular complexity index is 160. The fourth-order valence-electron chi connectivity index (χ4n) is 1.00. The molecule has 0 aromatic heterocycles. The van der Waals surface area contributed by atoms with Gasteiger partial charge in [-0.15, -0.1) is 0 Å². The minimum atomic E-state index is -0.910. The quantitative estimate of drug-likeness (QED) is 0.633. The molecule has 0 radical (unpaired) electrons. The summed E-state index contributed by atoms with van der Waals surface area (Å²) in [5.41, 5.74) is -0.309. The summed E-state index contributed by atoms with van der Waals surface area (Å²) < 4.78 is -0.910. The van der Waals surface area contributed by atoms with Crippen LogP contribution in [-0.4, -0.2) is 15.8 Å². The van der Waals surface area contributed by atoms with Gasteiger partial charge in [0.1, 0.15) is 4.75 Å². The van der Waals surface area contributed by atoms with Crippen LogP contribution in [0, 0.1) is 5.41 Å². The second-order valence-electron chi connectivity index (χ2n) is 3.77. The lowest BCUT2D eigenvalue weighted by molar-refractivity contribution is -0.142. The van der Waals surface area contributed by atoms with E-state index in [0.717, 1.165) is 0 Å². The van der Waals surface area contributed by atoms with Crippen LogP contribution >= 0.6 is 12.6 Å². The van der Waals surface area contributed by atoms with Crippen LogP contribution in [0.15, 0.2) is 0 Å². The van der Waals surface area contributed by atoms with Gasteiger partial charge in [0.05, 0.1) is 0 Å². The van der Waals surface area contributed by atoms with E-state index < -0.39 is 10.7 Å². The summed E-state index contributed by atoms with van der Waals surface area (Å²) in [6.45, 7) is 7.50. The van der Waals surface area contributed by atoms with Gasteiger partial charge in [-0.1, -0.05) is 27.7 Å². The first kappa shape index (κ1) is 10.8. The molecule has 0 amide bonds. The van der Waals surface area contributed by atoms with Crippen molar-refractivity contribution >= 4 is 18.6 Å². The summed E-state index contributed by atoms with van der Waals surface area (Å²) in [4.78, 5) is 10.8. The van der Waals surface area contributed by atoms with Crippen LogP contribution < -0.4 is 0 Å². The molecule has 0 aliphatic carbocycles. The van der Waals surface area contributed by atoms with Crippen molar-refractivity contribution in [3.63, 3.8) is 0 Å². The van der Waals surface area contributed by atoms with Crippen molar-refractivity contribution in [2.24, 2.45) is 5.41 Å². The van der Waals surface area contributed by atoms with Gasteiger partial charge >= 0.3 is 5.97 Å². The zero-order chi connectivity index (χ0) is 9.28. The van der Waals surface area contributed by atoms with Gasteiger partial charge in [-0.3, -0.25) is 4.79 Å². The lowest BCUT2D eigenvalue weighted by Crippen LogP contribution is -2.44. The molecule has 0 aliphatic rings. The van der Waals surface area contributed by atoms with Crippen LogP contribution in [-0.2, 0) is 4.79 Å². The van der Waals surface area contributed by atoms with E-state index in [0.29, 0.717) is 6.42 Å². The summed E-state index contributed by atoms with van der Waals surface area (Å²) >= 11 is 4.19. The van der Waals surface area contributed by atoms with Crippen LogP contribution in [0.1, 0.15) is 34.1 Å². The number of aliphatic carboxylic acids is 1. The molecule has 0 bridgehead atoms. The van der Waals surface area contributed by atoms with Crippen molar-refractivity contribution in [3.05, 3.63) is 0 Å². The first-order valence-electron chi connectivity index (χ1n) is 3.71. The predicted molar refractivity (Wildman–Crippen MR) is 49.1 cm³/mol. The molecule has 0 saturated heterocycles. The van der Waals surface area contributed by atoms with Crippen molar-refractivity contribution in [3.8, 4) is 0 Å². The predicted octanol–water partition coefficient (Wildman–Crippen LogP) is 2.20. The molecular formula is C8H16O2S. The SMILES string of the molecule is CCC(S)(C(=O)O)C(C)(C)C. The van der Waals surface area contributed by atoms with E-state index in [-0.39, 0.29) is 5.41 Å². The Morgan fingerprint density at radius 3 is 1.82 bits per heavy atom. The number of thiol groups is 1. The van der Waals surface area contributed by atoms with Crippen molar-refractivity contribution in [2.45, 2.75) is 38.9 Å². The monoisotopic (exact) mass is 176 g/mol. The molecule has 3 heteroatoms. The molecule has 0 heterocycles. The number of carboxylic acids is 1. The Labute approximate surface area is 73.4 Å². The van der Waals surface area contributed by atoms with Gasteiger partial charge in [-0.05, 0) is 11.8 Å². The first-order valence-corrected chi connectivity index (χ1v) is 4.16. The molecule has 0 spiro atoms. The molecule has 0 saturated carbocycles. The third-order valence-corrected chi connectivity index (χ3v) is 3.28. The van der Waals surface area contributed by atoms with E-state index >= 15 is 0 Å². The number of carboxylic acid groups (broad SMARTS) is 1. The Hall–Kier alpha value is -0.180. The van der Waals surface area contributed by atoms with E-state index in [1.807, 2.05) is 27.7 Å². The van der Waals surface area contributed by atoms with Gasteiger partial charge in [-0.2, -0.15) is 12.6 Å². The lowest BCUT2D eigenvalue weighted by atomic mass is 9.78. The van der Waals surface area contributed by atoms with Crippen LogP contribution in [0.2, 0.25) is 0 Å². The molecular weight excluding hydrogens is 160 g/mol. The maximum atomic E-state index is 10.8. The third kappa shape index (κ3) is 1.89. The molecule has 0 aromatic carbocycles. The fraction of sp³-hybridized carbons (Fsp3) is 0.875. The molecule has 0 fully saturated rings. The molecule has 1 atom stereocenters. The maximum Gasteiger partial charge on any atom is 0.320 e. The molecule has 1 N–H and O–H groups in total. The number of carbonyl (C=O) groups is 1. The second-order valence-corrected chi connectivity index (χ2v) is 4.53. The summed E-state index contributed by atoms with van der Waals surface area (Å²) in [5, 5.41) is 8.89. The average molecular weight is 176 g/mol. The normalized spacial score (nSPS) is 17.5. The highest BCUT2D eigenvalue weighted by atomic mass is 32.1. The summed E-state index contributed by atoms with van der Waals surface area (Å²) in [5.74, 6) is -0.837. The van der Waals surface area contributed by atoms with Gasteiger partial charge in [0.25, 0.3) is 0 Å². The molecule has 0 rings (SSSR count). The minimum Gasteiger partial charge on any atom is -0.480 e. The van der Waals surface area contributed by atoms with E-state index in [4.69, 9.17) is 5.11 Å². The zero-order valence-corrected chi connectivity index (χ0v) is 8.40. The van der Waals surface area contributed by atoms with Crippen molar-refractivity contribution in [1.29, 1.82) is 0 Å². The Balaban J connectivity index is 4.75. The van der Waals surface area contributed by atoms with E-state index in [1.54, 1.807) is 0 Å². The summed E-state index contributed by atoms with van der Waals surface area (Å²) in [6.07, 6.45) is 0.537. The third-order valence-electron chi connectivity index (χ3n) is 2.11. The van der Waals surface area contributed by atoms with Crippen molar-refractivity contribution < 1.29 is 9.90 Å². The molecule has 2 nitrogen and oxygen atoms in total. The highest BCUT2D eigenvalue weighted by molar-refractivity contribution is 7.82. The Kier molecular flexibility index (Phi) is 3.00. The first-order chi connectivity index (χ1) is 4.75. The number of hydrogen-bond acceptors (Lipinski definition) is 2.